The number of hydrogen-bond acceptors (Lipinski definition) is 6. The number of methoxy groups -OCH3 is 2. The van der Waals surface area contributed by atoms with Crippen LogP contribution in [0.4, 0.5) is 0 Å². The number of nitrogens with one attached hydrogen (secondary N) is 1. The van der Waals surface area contributed by atoms with E-state index in [2.05, 4.69) is 5.32 Å². The predicted molar refractivity (Wildman–Crippen MR) is 104 cm³/mol. The van der Waals surface area contributed by atoms with Crippen LogP contribution in [0.3, 0.4) is 0 Å². The zero-order valence-electron chi connectivity index (χ0n) is 16.2. The maximum absolute atomic E-state index is 12.5. The van der Waals surface area contributed by atoms with Crippen molar-refractivity contribution < 1.29 is 27.8 Å². The molecule has 0 radical (unpaired) electrons. The van der Waals surface area contributed by atoms with E-state index >= 15 is 0 Å². The van der Waals surface area contributed by atoms with Crippen LogP contribution in [0.15, 0.2) is 47.4 Å². The Morgan fingerprint density at radius 3 is 2.29 bits per heavy atom. The molecule has 0 saturated carbocycles. The number of sulfonamides is 1. The summed E-state index contributed by atoms with van der Waals surface area (Å²) < 4.78 is 36.1. The lowest BCUT2D eigenvalue weighted by Gasteiger charge is -2.16. The number of benzene rings is 2. The summed E-state index contributed by atoms with van der Waals surface area (Å²) >= 11 is 0. The Bertz CT molecular complexity index is 926. The molecular weight excluding hydrogens is 384 g/mol. The van der Waals surface area contributed by atoms with Crippen LogP contribution >= 0.6 is 0 Å². The number of nitrogens with zero attached hydrogens (tertiary/aromatic N) is 1. The number of rotatable bonds is 8. The standard InChI is InChI=1S/C19H24N2O6S/c1-21(2)28(24,25)18-11-14(7-10-17(18)27-4)19(23)20-12-16(22)13-5-8-15(26-3)9-6-13/h5-11,16,22H,12H2,1-4H3,(H,20,23). The van der Waals surface area contributed by atoms with Gasteiger partial charge < -0.3 is 19.9 Å². The first kappa shape index (κ1) is 21.7. The topological polar surface area (TPSA) is 105 Å². The molecule has 1 unspecified atom stereocenters. The average molecular weight is 408 g/mol. The van der Waals surface area contributed by atoms with Crippen LogP contribution < -0.4 is 14.8 Å². The van der Waals surface area contributed by atoms with Crippen LogP contribution in [0, 0.1) is 0 Å². The first-order chi connectivity index (χ1) is 13.2. The number of aliphatic hydroxyl groups is 1. The van der Waals surface area contributed by atoms with Gasteiger partial charge in [-0.2, -0.15) is 0 Å². The second-order valence-corrected chi connectivity index (χ2v) is 8.27. The maximum atomic E-state index is 12.5. The van der Waals surface area contributed by atoms with Crippen molar-refractivity contribution in [2.45, 2.75) is 11.0 Å². The Balaban J connectivity index is 2.15. The Morgan fingerprint density at radius 1 is 1.11 bits per heavy atom. The Hall–Kier alpha value is -2.62. The second kappa shape index (κ2) is 9.05. The number of carbonyl (C=O) groups excluding carboxylic acids is 1. The molecule has 0 aliphatic rings. The van der Waals surface area contributed by atoms with Crippen molar-refractivity contribution in [3.05, 3.63) is 53.6 Å². The molecule has 0 saturated heterocycles. The highest BCUT2D eigenvalue weighted by Crippen LogP contribution is 2.27. The average Bonchev–Trinajstić information content (AvgIpc) is 2.71. The molecule has 9 heteroatoms. The molecule has 0 aliphatic carbocycles. The largest absolute Gasteiger partial charge is 0.497 e. The third-order valence-corrected chi connectivity index (χ3v) is 5.98. The lowest BCUT2D eigenvalue weighted by atomic mass is 10.1. The zero-order chi connectivity index (χ0) is 20.9. The number of carbonyl (C=O) groups is 1. The van der Waals surface area contributed by atoms with E-state index < -0.39 is 22.0 Å². The van der Waals surface area contributed by atoms with E-state index in [0.29, 0.717) is 11.3 Å². The fourth-order valence-electron chi connectivity index (χ4n) is 2.45. The molecule has 2 N–H and O–H groups in total. The van der Waals surface area contributed by atoms with Crippen LogP contribution in [0.5, 0.6) is 11.5 Å². The number of ether oxygens (including phenoxy) is 2. The van der Waals surface area contributed by atoms with E-state index in [-0.39, 0.29) is 22.8 Å². The molecule has 28 heavy (non-hydrogen) atoms. The fourth-order valence-corrected chi connectivity index (χ4v) is 3.53. The Labute approximate surface area is 164 Å². The van der Waals surface area contributed by atoms with Crippen molar-refractivity contribution >= 4 is 15.9 Å². The number of amides is 1. The van der Waals surface area contributed by atoms with Crippen LogP contribution in [-0.4, -0.2) is 58.6 Å². The molecule has 0 fully saturated rings. The molecule has 0 heterocycles. The molecule has 1 atom stereocenters. The number of hydrogen-bond donors (Lipinski definition) is 2. The van der Waals surface area contributed by atoms with Gasteiger partial charge in [-0.1, -0.05) is 12.1 Å². The monoisotopic (exact) mass is 408 g/mol. The van der Waals surface area contributed by atoms with E-state index in [9.17, 15) is 18.3 Å². The van der Waals surface area contributed by atoms with Gasteiger partial charge in [0.15, 0.2) is 0 Å². The van der Waals surface area contributed by atoms with Crippen LogP contribution in [0.2, 0.25) is 0 Å². The summed E-state index contributed by atoms with van der Waals surface area (Å²) in [4.78, 5) is 12.3. The van der Waals surface area contributed by atoms with Crippen LogP contribution in [0.1, 0.15) is 22.0 Å². The van der Waals surface area contributed by atoms with Gasteiger partial charge in [0.25, 0.3) is 5.91 Å². The van der Waals surface area contributed by atoms with Crippen molar-refractivity contribution in [1.29, 1.82) is 0 Å². The molecule has 0 aliphatic heterocycles. The first-order valence-electron chi connectivity index (χ1n) is 8.41. The minimum absolute atomic E-state index is 0.0348. The highest BCUT2D eigenvalue weighted by Gasteiger charge is 2.24. The lowest BCUT2D eigenvalue weighted by molar-refractivity contribution is 0.0916. The third kappa shape index (κ3) is 4.80. The summed E-state index contributed by atoms with van der Waals surface area (Å²) in [6.45, 7) is -0.0348. The van der Waals surface area contributed by atoms with Gasteiger partial charge in [-0.25, -0.2) is 12.7 Å². The van der Waals surface area contributed by atoms with E-state index in [1.165, 1.54) is 39.4 Å². The fraction of sp³-hybridized carbons (Fsp3) is 0.316. The van der Waals surface area contributed by atoms with Gasteiger partial charge in [0.1, 0.15) is 16.4 Å². The molecule has 8 nitrogen and oxygen atoms in total. The minimum Gasteiger partial charge on any atom is -0.497 e. The molecule has 2 aromatic rings. The molecule has 0 spiro atoms. The van der Waals surface area contributed by atoms with Gasteiger partial charge >= 0.3 is 0 Å². The summed E-state index contributed by atoms with van der Waals surface area (Å²) in [5, 5.41) is 12.8. The van der Waals surface area contributed by atoms with E-state index in [4.69, 9.17) is 9.47 Å². The zero-order valence-corrected chi connectivity index (χ0v) is 17.0. The van der Waals surface area contributed by atoms with Crippen molar-refractivity contribution in [1.82, 2.24) is 9.62 Å². The lowest BCUT2D eigenvalue weighted by Crippen LogP contribution is -2.29. The van der Waals surface area contributed by atoms with Crippen molar-refractivity contribution in [2.75, 3.05) is 34.9 Å². The van der Waals surface area contributed by atoms with Crippen LogP contribution in [0.25, 0.3) is 0 Å². The molecule has 2 aromatic carbocycles. The highest BCUT2D eigenvalue weighted by molar-refractivity contribution is 7.89. The van der Waals surface area contributed by atoms with Gasteiger partial charge in [0.2, 0.25) is 10.0 Å². The second-order valence-electron chi connectivity index (χ2n) is 6.15. The quantitative estimate of drug-likeness (QED) is 0.684. The van der Waals surface area contributed by atoms with Gasteiger partial charge in [-0.05, 0) is 35.9 Å². The van der Waals surface area contributed by atoms with Crippen molar-refractivity contribution in [2.24, 2.45) is 0 Å². The number of aliphatic hydroxyl groups excluding tert-OH is 1. The van der Waals surface area contributed by atoms with Gasteiger partial charge in [0.05, 0.1) is 20.3 Å². The van der Waals surface area contributed by atoms with E-state index in [1.54, 1.807) is 31.4 Å². The van der Waals surface area contributed by atoms with Gasteiger partial charge in [0, 0.05) is 26.2 Å². The third-order valence-electron chi connectivity index (χ3n) is 4.14. The SMILES string of the molecule is COc1ccc(C(O)CNC(=O)c2ccc(OC)c(S(=O)(=O)N(C)C)c2)cc1. The molecule has 1 amide bonds. The summed E-state index contributed by atoms with van der Waals surface area (Å²) in [5.74, 6) is 0.293. The van der Waals surface area contributed by atoms with E-state index in [1.807, 2.05) is 0 Å². The normalized spacial score (nSPS) is 12.5. The van der Waals surface area contributed by atoms with Crippen molar-refractivity contribution in [3.63, 3.8) is 0 Å². The van der Waals surface area contributed by atoms with Crippen molar-refractivity contribution in [3.8, 4) is 11.5 Å². The van der Waals surface area contributed by atoms with Crippen LogP contribution in [-0.2, 0) is 10.0 Å². The maximum Gasteiger partial charge on any atom is 0.251 e. The summed E-state index contributed by atoms with van der Waals surface area (Å²) in [7, 11) is 1.90. The molecule has 0 aromatic heterocycles. The van der Waals surface area contributed by atoms with Gasteiger partial charge in [-0.15, -0.1) is 0 Å². The van der Waals surface area contributed by atoms with E-state index in [0.717, 1.165) is 4.31 Å². The Morgan fingerprint density at radius 2 is 1.75 bits per heavy atom. The molecular formula is C19H24N2O6S. The first-order valence-corrected chi connectivity index (χ1v) is 9.85. The smallest absolute Gasteiger partial charge is 0.251 e. The predicted octanol–water partition coefficient (Wildman–Crippen LogP) is 1.42. The Kier molecular flexibility index (Phi) is 7.00. The summed E-state index contributed by atoms with van der Waals surface area (Å²) in [6, 6.07) is 11.0. The minimum atomic E-state index is -3.79. The highest BCUT2D eigenvalue weighted by atomic mass is 32.2. The summed E-state index contributed by atoms with van der Waals surface area (Å²) in [6.07, 6.45) is -0.918. The molecule has 152 valence electrons. The van der Waals surface area contributed by atoms with Gasteiger partial charge in [-0.3, -0.25) is 4.79 Å². The molecule has 0 bridgehead atoms. The summed E-state index contributed by atoms with van der Waals surface area (Å²) in [5.41, 5.74) is 0.759. The molecule has 2 rings (SSSR count).